The van der Waals surface area contributed by atoms with Crippen LogP contribution in [0, 0.1) is 5.82 Å². The van der Waals surface area contributed by atoms with E-state index in [0.717, 1.165) is 28.2 Å². The van der Waals surface area contributed by atoms with Gasteiger partial charge in [-0.05, 0) is 35.9 Å². The van der Waals surface area contributed by atoms with Crippen LogP contribution in [0.15, 0.2) is 71.8 Å². The van der Waals surface area contributed by atoms with E-state index in [-0.39, 0.29) is 11.9 Å². The summed E-state index contributed by atoms with van der Waals surface area (Å²) >= 11 is 12.5. The highest BCUT2D eigenvalue weighted by molar-refractivity contribution is 6.35. The number of fused-ring (bicyclic) bond motifs is 3. The molecule has 2 aliphatic heterocycles. The highest BCUT2D eigenvalue weighted by Crippen LogP contribution is 2.48. The van der Waals surface area contributed by atoms with Crippen LogP contribution in [0.3, 0.4) is 0 Å². The first-order valence-corrected chi connectivity index (χ1v) is 9.68. The van der Waals surface area contributed by atoms with Crippen molar-refractivity contribution in [3.05, 3.63) is 99.3 Å². The van der Waals surface area contributed by atoms with Crippen molar-refractivity contribution in [3.8, 4) is 5.75 Å². The molecule has 0 saturated carbocycles. The van der Waals surface area contributed by atoms with Crippen LogP contribution in [-0.2, 0) is 0 Å². The van der Waals surface area contributed by atoms with Gasteiger partial charge in [-0.15, -0.1) is 0 Å². The van der Waals surface area contributed by atoms with E-state index in [1.54, 1.807) is 24.3 Å². The lowest BCUT2D eigenvalue weighted by Gasteiger charge is -2.38. The van der Waals surface area contributed by atoms with Gasteiger partial charge in [-0.3, -0.25) is 0 Å². The number of ether oxygens (including phenoxy) is 1. The number of hydrazone groups is 1. The Bertz CT molecular complexity index is 1080. The Morgan fingerprint density at radius 3 is 2.54 bits per heavy atom. The van der Waals surface area contributed by atoms with Gasteiger partial charge in [0.05, 0.1) is 16.8 Å². The van der Waals surface area contributed by atoms with Gasteiger partial charge < -0.3 is 4.74 Å². The van der Waals surface area contributed by atoms with E-state index in [1.807, 2.05) is 29.3 Å². The summed E-state index contributed by atoms with van der Waals surface area (Å²) in [5.74, 6) is 0.551. The van der Waals surface area contributed by atoms with Crippen molar-refractivity contribution in [3.63, 3.8) is 0 Å². The quantitative estimate of drug-likeness (QED) is 0.487. The molecule has 0 unspecified atom stereocenters. The summed E-state index contributed by atoms with van der Waals surface area (Å²) in [5.41, 5.74) is 3.66. The normalized spacial score (nSPS) is 20.2. The Morgan fingerprint density at radius 1 is 0.964 bits per heavy atom. The summed E-state index contributed by atoms with van der Waals surface area (Å²) in [6.07, 6.45) is 0.232. The second-order valence-corrected chi connectivity index (χ2v) is 7.67. The third kappa shape index (κ3) is 2.93. The second kappa shape index (κ2) is 6.80. The molecule has 140 valence electrons. The maximum atomic E-state index is 13.3. The largest absolute Gasteiger partial charge is 0.464 e. The first-order chi connectivity index (χ1) is 13.6. The van der Waals surface area contributed by atoms with E-state index in [9.17, 15) is 4.39 Å². The van der Waals surface area contributed by atoms with Crippen molar-refractivity contribution >= 4 is 28.9 Å². The standard InChI is InChI=1S/C22H15Cl2FN2O/c23-14-7-10-16(18(24)11-14)22-27-20(17-3-1-2-4-21(17)28-22)12-19(26-27)13-5-8-15(25)9-6-13/h1-11,20,22H,12H2/t20-,22-/m1/s1. The molecule has 0 radical (unpaired) electrons. The SMILES string of the molecule is Fc1ccc(C2=NN3[C@H](C2)c2ccccc2O[C@@H]3c2ccc(Cl)cc2Cl)cc1. The second-order valence-electron chi connectivity index (χ2n) is 6.83. The van der Waals surface area contributed by atoms with Crippen LogP contribution in [0.5, 0.6) is 5.75 Å². The Balaban J connectivity index is 1.61. The van der Waals surface area contributed by atoms with Crippen LogP contribution in [0.2, 0.25) is 10.0 Å². The van der Waals surface area contributed by atoms with Crippen molar-refractivity contribution in [2.45, 2.75) is 18.7 Å². The van der Waals surface area contributed by atoms with Crippen LogP contribution in [0.25, 0.3) is 0 Å². The number of hydrogen-bond acceptors (Lipinski definition) is 3. The van der Waals surface area contributed by atoms with Crippen molar-refractivity contribution in [1.29, 1.82) is 0 Å². The lowest BCUT2D eigenvalue weighted by Crippen LogP contribution is -2.33. The molecule has 0 N–H and O–H groups in total. The van der Waals surface area contributed by atoms with Crippen molar-refractivity contribution in [2.24, 2.45) is 5.10 Å². The fourth-order valence-corrected chi connectivity index (χ4v) is 4.26. The topological polar surface area (TPSA) is 24.8 Å². The van der Waals surface area contributed by atoms with Gasteiger partial charge in [0.1, 0.15) is 11.6 Å². The van der Waals surface area contributed by atoms with E-state index in [2.05, 4.69) is 6.07 Å². The zero-order chi connectivity index (χ0) is 19.3. The number of benzene rings is 3. The minimum atomic E-state index is -0.470. The summed E-state index contributed by atoms with van der Waals surface area (Å²) in [7, 11) is 0. The first-order valence-electron chi connectivity index (χ1n) is 8.92. The van der Waals surface area contributed by atoms with Gasteiger partial charge in [0.15, 0.2) is 0 Å². The van der Waals surface area contributed by atoms with Crippen LogP contribution in [0.4, 0.5) is 4.39 Å². The molecule has 3 aromatic carbocycles. The van der Waals surface area contributed by atoms with Gasteiger partial charge >= 0.3 is 0 Å². The van der Waals surface area contributed by atoms with Gasteiger partial charge in [-0.25, -0.2) is 9.40 Å². The fourth-order valence-electron chi connectivity index (χ4n) is 3.76. The third-order valence-corrected chi connectivity index (χ3v) is 5.67. The molecule has 3 aromatic rings. The third-order valence-electron chi connectivity index (χ3n) is 5.11. The molecule has 3 nitrogen and oxygen atoms in total. The predicted molar refractivity (Wildman–Crippen MR) is 108 cm³/mol. The monoisotopic (exact) mass is 412 g/mol. The number of halogens is 3. The molecule has 0 aliphatic carbocycles. The smallest absolute Gasteiger partial charge is 0.215 e. The maximum Gasteiger partial charge on any atom is 0.215 e. The lowest BCUT2D eigenvalue weighted by atomic mass is 9.96. The first kappa shape index (κ1) is 17.5. The minimum absolute atomic E-state index is 0.0155. The van der Waals surface area contributed by atoms with Crippen LogP contribution in [-0.4, -0.2) is 10.7 Å². The summed E-state index contributed by atoms with van der Waals surface area (Å²) in [4.78, 5) is 0. The molecule has 0 amide bonds. The van der Waals surface area contributed by atoms with E-state index < -0.39 is 6.23 Å². The number of para-hydroxylation sites is 1. The molecular weight excluding hydrogens is 398 g/mol. The molecule has 2 atom stereocenters. The van der Waals surface area contributed by atoms with Crippen LogP contribution >= 0.6 is 23.2 Å². The molecule has 28 heavy (non-hydrogen) atoms. The molecule has 5 rings (SSSR count). The molecule has 2 heterocycles. The lowest BCUT2D eigenvalue weighted by molar-refractivity contribution is -0.0189. The van der Waals surface area contributed by atoms with Crippen molar-refractivity contribution in [2.75, 3.05) is 0 Å². The Hall–Kier alpha value is -2.56. The summed E-state index contributed by atoms with van der Waals surface area (Å²) in [6.45, 7) is 0. The molecule has 2 aliphatic rings. The zero-order valence-corrected chi connectivity index (χ0v) is 16.2. The fraction of sp³-hybridized carbons (Fsp3) is 0.136. The molecule has 0 fully saturated rings. The van der Waals surface area contributed by atoms with Gasteiger partial charge in [-0.2, -0.15) is 5.10 Å². The summed E-state index contributed by atoms with van der Waals surface area (Å²) in [5, 5.41) is 7.88. The van der Waals surface area contributed by atoms with E-state index in [1.165, 1.54) is 12.1 Å². The van der Waals surface area contributed by atoms with Crippen LogP contribution in [0.1, 0.15) is 35.4 Å². The molecule has 0 saturated heterocycles. The van der Waals surface area contributed by atoms with Gasteiger partial charge in [0.2, 0.25) is 6.23 Å². The molecular formula is C22H15Cl2FN2O. The predicted octanol–water partition coefficient (Wildman–Crippen LogP) is 6.37. The number of hydrogen-bond donors (Lipinski definition) is 0. The molecule has 0 bridgehead atoms. The molecule has 6 heteroatoms. The van der Waals surface area contributed by atoms with Gasteiger partial charge in [0.25, 0.3) is 0 Å². The molecule has 0 aromatic heterocycles. The maximum absolute atomic E-state index is 13.3. The van der Waals surface area contributed by atoms with Gasteiger partial charge in [-0.1, -0.05) is 59.6 Å². The zero-order valence-electron chi connectivity index (χ0n) is 14.6. The van der Waals surface area contributed by atoms with E-state index in [0.29, 0.717) is 16.5 Å². The Kier molecular flexibility index (Phi) is 4.26. The Morgan fingerprint density at radius 2 is 1.75 bits per heavy atom. The van der Waals surface area contributed by atoms with Crippen molar-refractivity contribution < 1.29 is 9.13 Å². The number of nitrogens with zero attached hydrogens (tertiary/aromatic N) is 2. The molecule has 0 spiro atoms. The van der Waals surface area contributed by atoms with Crippen LogP contribution < -0.4 is 4.74 Å². The summed E-state index contributed by atoms with van der Waals surface area (Å²) in [6, 6.07) is 19.7. The average molecular weight is 413 g/mol. The summed E-state index contributed by atoms with van der Waals surface area (Å²) < 4.78 is 19.6. The average Bonchev–Trinajstić information content (AvgIpc) is 3.14. The van der Waals surface area contributed by atoms with E-state index >= 15 is 0 Å². The van der Waals surface area contributed by atoms with Gasteiger partial charge in [0, 0.05) is 22.6 Å². The van der Waals surface area contributed by atoms with E-state index in [4.69, 9.17) is 33.0 Å². The highest BCUT2D eigenvalue weighted by Gasteiger charge is 2.41. The number of rotatable bonds is 2. The van der Waals surface area contributed by atoms with Crippen molar-refractivity contribution in [1.82, 2.24) is 5.01 Å². The minimum Gasteiger partial charge on any atom is -0.464 e. The highest BCUT2D eigenvalue weighted by atomic mass is 35.5. The Labute approximate surface area is 172 Å².